The topological polar surface area (TPSA) is 299 Å². The first-order valence-corrected chi connectivity index (χ1v) is 14.0. The van der Waals surface area contributed by atoms with Gasteiger partial charge in [-0.15, -0.1) is 0 Å². The average molecular weight is 579 g/mol. The SMILES string of the molecule is Cc1cn([C@H]2C[C@@H](OC(=O)CCN=[N+]=[N-])[C@@H](COP(=O)(O)OP(=O)(O)OP(=O)(O)O)O2)c(=O)[nH]c1=O. The number of hydrogen-bond donors (Lipinski definition) is 5. The van der Waals surface area contributed by atoms with Crippen molar-refractivity contribution in [3.8, 4) is 0 Å². The van der Waals surface area contributed by atoms with Gasteiger partial charge in [0.2, 0.25) is 0 Å². The predicted molar refractivity (Wildman–Crippen MR) is 113 cm³/mol. The number of rotatable bonds is 12. The van der Waals surface area contributed by atoms with Gasteiger partial charge in [0.1, 0.15) is 18.4 Å². The summed E-state index contributed by atoms with van der Waals surface area (Å²) in [5.74, 6) is -0.884. The molecular weight excluding hydrogens is 559 g/mol. The molecule has 0 spiro atoms. The van der Waals surface area contributed by atoms with Crippen molar-refractivity contribution in [2.24, 2.45) is 5.11 Å². The molecule has 2 heterocycles. The molecule has 1 aromatic heterocycles. The lowest BCUT2D eigenvalue weighted by atomic mass is 10.2. The second-order valence-electron chi connectivity index (χ2n) is 6.96. The summed E-state index contributed by atoms with van der Waals surface area (Å²) in [7, 11) is -16.9. The Morgan fingerprint density at radius 3 is 2.53 bits per heavy atom. The van der Waals surface area contributed by atoms with Crippen molar-refractivity contribution < 1.29 is 60.7 Å². The van der Waals surface area contributed by atoms with Crippen LogP contribution in [0.25, 0.3) is 10.4 Å². The summed E-state index contributed by atoms with van der Waals surface area (Å²) in [6.07, 6.45) is -3.27. The summed E-state index contributed by atoms with van der Waals surface area (Å²) in [6, 6.07) is 0. The van der Waals surface area contributed by atoms with Gasteiger partial charge in [-0.2, -0.15) is 8.62 Å². The van der Waals surface area contributed by atoms with Crippen LogP contribution >= 0.6 is 23.5 Å². The summed E-state index contributed by atoms with van der Waals surface area (Å²) >= 11 is 0. The van der Waals surface area contributed by atoms with Gasteiger partial charge in [0.05, 0.1) is 13.0 Å². The van der Waals surface area contributed by atoms with Crippen molar-refractivity contribution in [1.82, 2.24) is 9.55 Å². The maximum absolute atomic E-state index is 12.2. The Hall–Kier alpha value is -2.17. The number of ether oxygens (including phenoxy) is 2. The molecule has 1 aliphatic heterocycles. The van der Waals surface area contributed by atoms with E-state index in [-0.39, 0.29) is 24.9 Å². The van der Waals surface area contributed by atoms with Crippen LogP contribution in [0.2, 0.25) is 0 Å². The highest BCUT2D eigenvalue weighted by atomic mass is 31.3. The van der Waals surface area contributed by atoms with E-state index in [9.17, 15) is 37.9 Å². The van der Waals surface area contributed by atoms with Crippen LogP contribution in [-0.4, -0.2) is 60.5 Å². The van der Waals surface area contributed by atoms with Gasteiger partial charge in [-0.25, -0.2) is 18.5 Å². The fourth-order valence-corrected chi connectivity index (χ4v) is 5.86. The van der Waals surface area contributed by atoms with E-state index in [2.05, 4.69) is 23.2 Å². The van der Waals surface area contributed by atoms with Crippen molar-refractivity contribution >= 4 is 29.4 Å². The minimum Gasteiger partial charge on any atom is -0.459 e. The van der Waals surface area contributed by atoms with Gasteiger partial charge < -0.3 is 29.0 Å². The van der Waals surface area contributed by atoms with E-state index in [4.69, 9.17) is 24.8 Å². The average Bonchev–Trinajstić information content (AvgIpc) is 3.09. The lowest BCUT2D eigenvalue weighted by molar-refractivity contribution is -0.152. The summed E-state index contributed by atoms with van der Waals surface area (Å²) in [5.41, 5.74) is 6.85. The van der Waals surface area contributed by atoms with Gasteiger partial charge in [0.25, 0.3) is 5.56 Å². The second-order valence-corrected chi connectivity index (χ2v) is 11.4. The molecule has 5 atom stereocenters. The molecule has 1 aromatic rings. The summed E-state index contributed by atoms with van der Waals surface area (Å²) < 4.78 is 57.6. The number of azide groups is 1. The number of H-pyrrole nitrogens is 1. The van der Waals surface area contributed by atoms with Gasteiger partial charge in [-0.1, -0.05) is 5.11 Å². The minimum absolute atomic E-state index is 0.123. The third-order valence-electron chi connectivity index (χ3n) is 4.22. The van der Waals surface area contributed by atoms with E-state index in [1.807, 2.05) is 4.98 Å². The van der Waals surface area contributed by atoms with Gasteiger partial charge in [-0.3, -0.25) is 23.7 Å². The molecule has 0 aliphatic carbocycles. The maximum atomic E-state index is 12.2. The van der Waals surface area contributed by atoms with Gasteiger partial charge >= 0.3 is 35.1 Å². The zero-order valence-electron chi connectivity index (χ0n) is 18.0. The molecular formula is C13H20N5O15P3. The minimum atomic E-state index is -5.77. The Kier molecular flexibility index (Phi) is 9.95. The molecule has 202 valence electrons. The molecule has 0 amide bonds. The van der Waals surface area contributed by atoms with Crippen LogP contribution in [0.4, 0.5) is 0 Å². The molecule has 36 heavy (non-hydrogen) atoms. The van der Waals surface area contributed by atoms with Crippen LogP contribution in [0, 0.1) is 6.92 Å². The normalized spacial score (nSPS) is 23.3. The molecule has 20 nitrogen and oxygen atoms in total. The second kappa shape index (κ2) is 11.9. The summed E-state index contributed by atoms with van der Waals surface area (Å²) in [6.45, 7) is 0.173. The highest BCUT2D eigenvalue weighted by Gasteiger charge is 2.44. The van der Waals surface area contributed by atoms with E-state index < -0.39 is 65.7 Å². The zero-order valence-corrected chi connectivity index (χ0v) is 20.7. The first-order valence-electron chi connectivity index (χ1n) is 9.48. The molecule has 0 saturated carbocycles. The summed E-state index contributed by atoms with van der Waals surface area (Å²) in [4.78, 5) is 76.3. The molecule has 0 aromatic carbocycles. The predicted octanol–water partition coefficient (Wildman–Crippen LogP) is 0.0880. The standard InChI is InChI=1S/C13H20N5O15P3/c1-7-5-18(13(21)16-12(7)20)10-4-8(31-11(19)2-3-15-17-14)9(30-10)6-29-35(25,26)33-36(27,28)32-34(22,23)24/h5,8-10H,2-4,6H2,1H3,(H,25,26)(H,27,28)(H,16,20,21)(H2,22,23,24)/t8-,9-,10-/m1/s1. The van der Waals surface area contributed by atoms with Crippen molar-refractivity contribution in [1.29, 1.82) is 0 Å². The largest absolute Gasteiger partial charge is 0.490 e. The van der Waals surface area contributed by atoms with Crippen LogP contribution in [0.15, 0.2) is 20.9 Å². The number of aryl methyl sites for hydroxylation is 1. The van der Waals surface area contributed by atoms with Crippen LogP contribution in [0.1, 0.15) is 24.6 Å². The number of nitrogens with one attached hydrogen (secondary N) is 1. The van der Waals surface area contributed by atoms with Crippen molar-refractivity contribution in [3.05, 3.63) is 43.0 Å². The van der Waals surface area contributed by atoms with E-state index >= 15 is 0 Å². The molecule has 1 saturated heterocycles. The Labute approximate surface area is 199 Å². The zero-order chi connectivity index (χ0) is 27.3. The number of carbonyl (C=O) groups excluding carboxylic acids is 1. The molecule has 23 heteroatoms. The van der Waals surface area contributed by atoms with E-state index in [1.54, 1.807) is 0 Å². The number of nitrogens with zero attached hydrogens (tertiary/aromatic N) is 4. The third-order valence-corrected chi connectivity index (χ3v) is 8.02. The molecule has 0 bridgehead atoms. The van der Waals surface area contributed by atoms with E-state index in [1.165, 1.54) is 6.92 Å². The number of carbonyl (C=O) groups is 1. The lowest BCUT2D eigenvalue weighted by Gasteiger charge is -2.21. The fraction of sp³-hybridized carbons (Fsp3) is 0.615. The molecule has 2 rings (SSSR count). The Morgan fingerprint density at radius 2 is 1.92 bits per heavy atom. The Bertz CT molecular complexity index is 1280. The highest BCUT2D eigenvalue weighted by molar-refractivity contribution is 7.66. The van der Waals surface area contributed by atoms with Crippen LogP contribution < -0.4 is 11.2 Å². The first-order chi connectivity index (χ1) is 16.5. The molecule has 5 N–H and O–H groups in total. The third kappa shape index (κ3) is 9.37. The molecule has 0 radical (unpaired) electrons. The molecule has 1 aliphatic rings. The summed E-state index contributed by atoms with van der Waals surface area (Å²) in [5, 5.41) is 3.17. The number of phosphoric acid groups is 3. The molecule has 2 unspecified atom stereocenters. The number of aromatic amines is 1. The number of aromatic nitrogens is 2. The van der Waals surface area contributed by atoms with Gasteiger partial charge in [-0.05, 0) is 12.5 Å². The number of esters is 1. The lowest BCUT2D eigenvalue weighted by Crippen LogP contribution is -2.33. The van der Waals surface area contributed by atoms with Crippen LogP contribution in [0.5, 0.6) is 0 Å². The van der Waals surface area contributed by atoms with Crippen molar-refractivity contribution in [2.45, 2.75) is 38.2 Å². The van der Waals surface area contributed by atoms with Crippen molar-refractivity contribution in [2.75, 3.05) is 13.2 Å². The monoisotopic (exact) mass is 579 g/mol. The Morgan fingerprint density at radius 1 is 1.25 bits per heavy atom. The van der Waals surface area contributed by atoms with Crippen molar-refractivity contribution in [3.63, 3.8) is 0 Å². The highest BCUT2D eigenvalue weighted by Crippen LogP contribution is 2.66. The van der Waals surface area contributed by atoms with Crippen LogP contribution in [-0.2, 0) is 41.1 Å². The van der Waals surface area contributed by atoms with E-state index in [0.29, 0.717) is 0 Å². The number of hydrogen-bond acceptors (Lipinski definition) is 12. The number of phosphoric ester groups is 1. The van der Waals surface area contributed by atoms with Crippen LogP contribution in [0.3, 0.4) is 0 Å². The van der Waals surface area contributed by atoms with E-state index in [0.717, 1.165) is 10.8 Å². The quantitative estimate of drug-likeness (QED) is 0.0720. The van der Waals surface area contributed by atoms with Gasteiger partial charge in [0, 0.05) is 29.6 Å². The Balaban J connectivity index is 2.19. The molecule has 1 fully saturated rings. The fourth-order valence-electron chi connectivity index (χ4n) is 2.83. The van der Waals surface area contributed by atoms with Gasteiger partial charge in [0.15, 0.2) is 0 Å². The maximum Gasteiger partial charge on any atom is 0.490 e. The first kappa shape index (κ1) is 30.1. The smallest absolute Gasteiger partial charge is 0.459 e.